The summed E-state index contributed by atoms with van der Waals surface area (Å²) in [4.78, 5) is 30.6. The van der Waals surface area contributed by atoms with Gasteiger partial charge in [-0.3, -0.25) is 4.90 Å². The predicted octanol–water partition coefficient (Wildman–Crippen LogP) is 2.39. The molecule has 136 valence electrons. The van der Waals surface area contributed by atoms with Crippen LogP contribution >= 0.6 is 0 Å². The minimum Gasteiger partial charge on any atom is -0.444 e. The molecule has 1 aliphatic rings. The standard InChI is InChI=1S/C17H22FN3O4/c1-17(2,3)24-16(23)21-10-4-5-13(21)15(22)25-20-14(19)11-6-8-12(18)9-7-11/h6-9,13H,4-5,10H2,1-3H3,(H2,19,20)/t13-/m0/s1. The molecule has 25 heavy (non-hydrogen) atoms. The first-order valence-electron chi connectivity index (χ1n) is 7.97. The van der Waals surface area contributed by atoms with E-state index in [0.717, 1.165) is 0 Å². The Labute approximate surface area is 145 Å². The van der Waals surface area contributed by atoms with Crippen molar-refractivity contribution in [2.45, 2.75) is 45.3 Å². The fraction of sp³-hybridized carbons (Fsp3) is 0.471. The Morgan fingerprint density at radius 2 is 1.92 bits per heavy atom. The lowest BCUT2D eigenvalue weighted by molar-refractivity contribution is -0.148. The molecule has 0 saturated carbocycles. The molecule has 1 atom stereocenters. The number of carbonyl (C=O) groups excluding carboxylic acids is 2. The number of carbonyl (C=O) groups is 2. The Kier molecular flexibility index (Phi) is 5.61. The van der Waals surface area contributed by atoms with Gasteiger partial charge in [-0.2, -0.15) is 0 Å². The van der Waals surface area contributed by atoms with Gasteiger partial charge in [0.25, 0.3) is 0 Å². The Morgan fingerprint density at radius 1 is 1.28 bits per heavy atom. The van der Waals surface area contributed by atoms with Crippen LogP contribution < -0.4 is 5.73 Å². The largest absolute Gasteiger partial charge is 0.444 e. The van der Waals surface area contributed by atoms with Crippen molar-refractivity contribution >= 4 is 17.9 Å². The van der Waals surface area contributed by atoms with Gasteiger partial charge in [-0.05, 0) is 57.9 Å². The van der Waals surface area contributed by atoms with Gasteiger partial charge in [0, 0.05) is 12.1 Å². The average molecular weight is 351 g/mol. The molecule has 1 aromatic rings. The highest BCUT2D eigenvalue weighted by molar-refractivity contribution is 5.97. The molecule has 0 spiro atoms. The zero-order chi connectivity index (χ0) is 18.6. The van der Waals surface area contributed by atoms with Gasteiger partial charge in [-0.25, -0.2) is 14.0 Å². The molecule has 2 N–H and O–H groups in total. The maximum atomic E-state index is 12.9. The van der Waals surface area contributed by atoms with Crippen LogP contribution in [-0.4, -0.2) is 41.0 Å². The van der Waals surface area contributed by atoms with E-state index in [1.165, 1.54) is 29.2 Å². The van der Waals surface area contributed by atoms with E-state index in [1.54, 1.807) is 20.8 Å². The Morgan fingerprint density at radius 3 is 2.52 bits per heavy atom. The van der Waals surface area contributed by atoms with Crippen molar-refractivity contribution in [3.8, 4) is 0 Å². The van der Waals surface area contributed by atoms with E-state index < -0.39 is 29.5 Å². The number of amidine groups is 1. The van der Waals surface area contributed by atoms with E-state index in [9.17, 15) is 14.0 Å². The number of hydrogen-bond donors (Lipinski definition) is 1. The van der Waals surface area contributed by atoms with E-state index in [1.807, 2.05) is 0 Å². The second-order valence-corrected chi connectivity index (χ2v) is 6.73. The zero-order valence-corrected chi connectivity index (χ0v) is 14.5. The molecule has 0 aromatic heterocycles. The molecular weight excluding hydrogens is 329 g/mol. The van der Waals surface area contributed by atoms with E-state index in [2.05, 4.69) is 5.16 Å². The maximum Gasteiger partial charge on any atom is 0.411 e. The van der Waals surface area contributed by atoms with E-state index in [4.69, 9.17) is 15.3 Å². The van der Waals surface area contributed by atoms with Gasteiger partial charge in [0.2, 0.25) is 0 Å². The molecule has 1 aromatic carbocycles. The molecule has 1 heterocycles. The molecule has 1 amide bonds. The first kappa shape index (κ1) is 18.7. The molecule has 1 fully saturated rings. The summed E-state index contributed by atoms with van der Waals surface area (Å²) in [6.07, 6.45) is 0.558. The third-order valence-corrected chi connectivity index (χ3v) is 3.53. The highest BCUT2D eigenvalue weighted by atomic mass is 19.1. The van der Waals surface area contributed by atoms with Crippen LogP contribution in [-0.2, 0) is 14.4 Å². The lowest BCUT2D eigenvalue weighted by atomic mass is 10.2. The number of hydrogen-bond acceptors (Lipinski definition) is 5. The van der Waals surface area contributed by atoms with Crippen molar-refractivity contribution < 1.29 is 23.6 Å². The summed E-state index contributed by atoms with van der Waals surface area (Å²) in [6, 6.07) is 4.52. The fourth-order valence-corrected chi connectivity index (χ4v) is 2.38. The number of oxime groups is 1. The van der Waals surface area contributed by atoms with Crippen LogP contribution in [0.15, 0.2) is 29.4 Å². The van der Waals surface area contributed by atoms with Crippen molar-refractivity contribution in [1.82, 2.24) is 4.90 Å². The molecule has 0 radical (unpaired) electrons. The number of rotatable bonds is 3. The molecule has 7 nitrogen and oxygen atoms in total. The molecule has 0 unspecified atom stereocenters. The monoisotopic (exact) mass is 351 g/mol. The molecular formula is C17H22FN3O4. The number of benzene rings is 1. The highest BCUT2D eigenvalue weighted by Crippen LogP contribution is 2.22. The normalized spacial score (nSPS) is 18.2. The molecule has 8 heteroatoms. The maximum absolute atomic E-state index is 12.9. The first-order valence-corrected chi connectivity index (χ1v) is 7.97. The minimum atomic E-state index is -0.764. The minimum absolute atomic E-state index is 0.0600. The van der Waals surface area contributed by atoms with E-state index in [-0.39, 0.29) is 5.84 Å². The number of nitrogens with two attached hydrogens (primary N) is 1. The topological polar surface area (TPSA) is 94.2 Å². The Balaban J connectivity index is 2.00. The van der Waals surface area contributed by atoms with Crippen molar-refractivity contribution in [3.63, 3.8) is 0 Å². The molecule has 1 aliphatic heterocycles. The SMILES string of the molecule is CC(C)(C)OC(=O)N1CCC[C@H]1C(=O)O/N=C(\N)c1ccc(F)cc1. The Hall–Kier alpha value is -2.64. The van der Waals surface area contributed by atoms with Crippen LogP contribution in [0.1, 0.15) is 39.2 Å². The van der Waals surface area contributed by atoms with Crippen LogP contribution in [0.2, 0.25) is 0 Å². The second-order valence-electron chi connectivity index (χ2n) is 6.73. The summed E-state index contributed by atoms with van der Waals surface area (Å²) in [6.45, 7) is 5.66. The third-order valence-electron chi connectivity index (χ3n) is 3.53. The molecule has 0 bridgehead atoms. The summed E-state index contributed by atoms with van der Waals surface area (Å²) in [5.74, 6) is -1.16. The summed E-state index contributed by atoms with van der Waals surface area (Å²) in [5.41, 5.74) is 5.48. The van der Waals surface area contributed by atoms with Gasteiger partial charge in [-0.1, -0.05) is 5.16 Å². The second kappa shape index (κ2) is 7.50. The van der Waals surface area contributed by atoms with Crippen LogP contribution in [0, 0.1) is 5.82 Å². The van der Waals surface area contributed by atoms with Gasteiger partial charge < -0.3 is 15.3 Å². The lowest BCUT2D eigenvalue weighted by Crippen LogP contribution is -2.43. The summed E-state index contributed by atoms with van der Waals surface area (Å²) < 4.78 is 18.2. The first-order chi connectivity index (χ1) is 11.7. The van der Waals surface area contributed by atoms with Gasteiger partial charge in [-0.15, -0.1) is 0 Å². The zero-order valence-electron chi connectivity index (χ0n) is 14.5. The van der Waals surface area contributed by atoms with Crippen molar-refractivity contribution in [1.29, 1.82) is 0 Å². The number of nitrogens with zero attached hydrogens (tertiary/aromatic N) is 2. The third kappa shape index (κ3) is 5.17. The van der Waals surface area contributed by atoms with Crippen LogP contribution in [0.25, 0.3) is 0 Å². The average Bonchev–Trinajstić information content (AvgIpc) is 3.01. The van der Waals surface area contributed by atoms with E-state index in [0.29, 0.717) is 24.9 Å². The summed E-state index contributed by atoms with van der Waals surface area (Å²) in [7, 11) is 0. The van der Waals surface area contributed by atoms with Crippen molar-refractivity contribution in [2.75, 3.05) is 6.54 Å². The molecule has 0 aliphatic carbocycles. The number of ether oxygens (including phenoxy) is 1. The van der Waals surface area contributed by atoms with Crippen LogP contribution in [0.4, 0.5) is 9.18 Å². The van der Waals surface area contributed by atoms with Crippen LogP contribution in [0.3, 0.4) is 0 Å². The smallest absolute Gasteiger partial charge is 0.411 e. The van der Waals surface area contributed by atoms with Crippen LogP contribution in [0.5, 0.6) is 0 Å². The van der Waals surface area contributed by atoms with Gasteiger partial charge in [0.15, 0.2) is 5.84 Å². The summed E-state index contributed by atoms with van der Waals surface area (Å²) >= 11 is 0. The quantitative estimate of drug-likeness (QED) is 0.390. The molecule has 2 rings (SSSR count). The van der Waals surface area contributed by atoms with Gasteiger partial charge in [0.05, 0.1) is 0 Å². The summed E-state index contributed by atoms with van der Waals surface area (Å²) in [5, 5.41) is 3.58. The fourth-order valence-electron chi connectivity index (χ4n) is 2.38. The van der Waals surface area contributed by atoms with Gasteiger partial charge >= 0.3 is 12.1 Å². The van der Waals surface area contributed by atoms with Crippen molar-refractivity contribution in [3.05, 3.63) is 35.6 Å². The highest BCUT2D eigenvalue weighted by Gasteiger charge is 2.38. The predicted molar refractivity (Wildman–Crippen MR) is 89.2 cm³/mol. The Bertz CT molecular complexity index is 667. The van der Waals surface area contributed by atoms with Gasteiger partial charge in [0.1, 0.15) is 17.5 Å². The lowest BCUT2D eigenvalue weighted by Gasteiger charge is -2.27. The van der Waals surface area contributed by atoms with E-state index >= 15 is 0 Å². The number of amides is 1. The number of halogens is 1. The van der Waals surface area contributed by atoms with Crippen molar-refractivity contribution in [2.24, 2.45) is 10.9 Å². The number of likely N-dealkylation sites (tertiary alicyclic amines) is 1. The molecule has 1 saturated heterocycles.